The molecular formula is C27H19F3N4O5. The molecule has 39 heavy (non-hydrogen) atoms. The van der Waals surface area contributed by atoms with Gasteiger partial charge in [0.2, 0.25) is 0 Å². The summed E-state index contributed by atoms with van der Waals surface area (Å²) in [4.78, 5) is 35.0. The van der Waals surface area contributed by atoms with Crippen LogP contribution >= 0.6 is 0 Å². The molecule has 0 fully saturated rings. The van der Waals surface area contributed by atoms with Crippen molar-refractivity contribution >= 4 is 29.3 Å². The minimum absolute atomic E-state index is 0.106. The Hall–Kier alpha value is -5.26. The number of para-hydroxylation sites is 1. The van der Waals surface area contributed by atoms with Gasteiger partial charge in [-0.2, -0.15) is 18.3 Å². The van der Waals surface area contributed by atoms with Crippen LogP contribution < -0.4 is 5.32 Å². The number of rotatable bonds is 8. The lowest BCUT2D eigenvalue weighted by Gasteiger charge is -2.08. The van der Waals surface area contributed by atoms with Crippen molar-refractivity contribution in [3.05, 3.63) is 112 Å². The summed E-state index contributed by atoms with van der Waals surface area (Å²) in [6.07, 6.45) is -0.406. The van der Waals surface area contributed by atoms with Crippen molar-refractivity contribution in [1.29, 1.82) is 0 Å². The molecule has 1 heterocycles. The number of alkyl halides is 3. The van der Waals surface area contributed by atoms with Crippen LogP contribution in [-0.2, 0) is 20.5 Å². The topological polar surface area (TPSA) is 116 Å². The van der Waals surface area contributed by atoms with Crippen molar-refractivity contribution in [2.45, 2.75) is 6.18 Å². The largest absolute Gasteiger partial charge is 0.452 e. The number of hydrogen-bond acceptors (Lipinski definition) is 6. The van der Waals surface area contributed by atoms with Crippen LogP contribution in [-0.4, -0.2) is 33.2 Å². The highest BCUT2D eigenvalue weighted by Gasteiger charge is 2.30. The van der Waals surface area contributed by atoms with Crippen LogP contribution in [0.25, 0.3) is 23.0 Å². The van der Waals surface area contributed by atoms with Crippen LogP contribution in [0.4, 0.5) is 24.5 Å². The normalized spacial score (nSPS) is 11.4. The Balaban J connectivity index is 1.46. The Bertz CT molecular complexity index is 1530. The zero-order valence-electron chi connectivity index (χ0n) is 20.0. The fraction of sp³-hybridized carbons (Fsp3) is 0.0741. The van der Waals surface area contributed by atoms with E-state index in [1.807, 2.05) is 18.2 Å². The molecule has 9 nitrogen and oxygen atoms in total. The number of halogens is 3. The summed E-state index contributed by atoms with van der Waals surface area (Å²) in [6, 6.07) is 18.8. The zero-order valence-corrected chi connectivity index (χ0v) is 20.0. The lowest BCUT2D eigenvalue weighted by Crippen LogP contribution is -2.20. The fourth-order valence-electron chi connectivity index (χ4n) is 3.50. The van der Waals surface area contributed by atoms with Gasteiger partial charge in [-0.3, -0.25) is 14.9 Å². The van der Waals surface area contributed by atoms with Gasteiger partial charge in [0.15, 0.2) is 6.61 Å². The van der Waals surface area contributed by atoms with E-state index in [0.29, 0.717) is 22.5 Å². The van der Waals surface area contributed by atoms with Gasteiger partial charge in [0, 0.05) is 41.2 Å². The summed E-state index contributed by atoms with van der Waals surface area (Å²) in [6.45, 7) is -0.675. The number of carbonyl (C=O) groups excluding carboxylic acids is 2. The van der Waals surface area contributed by atoms with Crippen molar-refractivity contribution in [1.82, 2.24) is 9.78 Å². The number of anilines is 1. The Morgan fingerprint density at radius 1 is 1.03 bits per heavy atom. The van der Waals surface area contributed by atoms with Gasteiger partial charge in [-0.25, -0.2) is 9.48 Å². The van der Waals surface area contributed by atoms with E-state index in [0.717, 1.165) is 30.3 Å². The molecule has 0 aliphatic rings. The molecule has 0 spiro atoms. The predicted molar refractivity (Wildman–Crippen MR) is 136 cm³/mol. The van der Waals surface area contributed by atoms with Crippen molar-refractivity contribution in [3.63, 3.8) is 0 Å². The van der Waals surface area contributed by atoms with Crippen LogP contribution in [0, 0.1) is 10.1 Å². The highest BCUT2D eigenvalue weighted by atomic mass is 19.4. The Morgan fingerprint density at radius 2 is 1.74 bits per heavy atom. The molecule has 1 N–H and O–H groups in total. The number of esters is 1. The highest BCUT2D eigenvalue weighted by molar-refractivity contribution is 5.95. The SMILES string of the molecule is O=C(COC(=O)C=Cc1cn(-c2ccccc2)nc1-c1cccc([N+](=O)[O-])c1)Nc1ccc(C(F)(F)F)cc1. The quantitative estimate of drug-likeness (QED) is 0.134. The van der Waals surface area contributed by atoms with Gasteiger partial charge >= 0.3 is 12.1 Å². The third-order valence-electron chi connectivity index (χ3n) is 5.33. The third-order valence-corrected chi connectivity index (χ3v) is 5.33. The van der Waals surface area contributed by atoms with E-state index in [9.17, 15) is 32.9 Å². The number of aromatic nitrogens is 2. The maximum absolute atomic E-state index is 12.7. The zero-order chi connectivity index (χ0) is 28.0. The van der Waals surface area contributed by atoms with E-state index in [1.54, 1.807) is 29.1 Å². The molecule has 12 heteroatoms. The number of nitro groups is 1. The van der Waals surface area contributed by atoms with Gasteiger partial charge in [0.25, 0.3) is 11.6 Å². The van der Waals surface area contributed by atoms with Gasteiger partial charge < -0.3 is 10.1 Å². The summed E-state index contributed by atoms with van der Waals surface area (Å²) in [5.74, 6) is -1.61. The number of ether oxygens (including phenoxy) is 1. The number of benzene rings is 3. The number of nitrogens with zero attached hydrogens (tertiary/aromatic N) is 3. The number of hydrogen-bond donors (Lipinski definition) is 1. The smallest absolute Gasteiger partial charge is 0.416 e. The lowest BCUT2D eigenvalue weighted by atomic mass is 10.1. The molecule has 0 unspecified atom stereocenters. The minimum atomic E-state index is -4.50. The summed E-state index contributed by atoms with van der Waals surface area (Å²) >= 11 is 0. The standard InChI is InChI=1S/C27H19F3N4O5/c28-27(29,30)20-10-12-21(13-11-20)31-24(35)17-39-25(36)14-9-19-16-33(22-6-2-1-3-7-22)32-26(19)18-5-4-8-23(15-18)34(37)38/h1-16H,17H2,(H,31,35). The summed E-state index contributed by atoms with van der Waals surface area (Å²) in [7, 11) is 0. The van der Waals surface area contributed by atoms with E-state index >= 15 is 0 Å². The first-order chi connectivity index (χ1) is 18.6. The molecule has 0 aliphatic heterocycles. The number of carbonyl (C=O) groups is 2. The number of nitrogens with one attached hydrogen (secondary N) is 1. The molecule has 1 aromatic heterocycles. The predicted octanol–water partition coefficient (Wildman–Crippen LogP) is 5.66. The molecule has 3 aromatic carbocycles. The van der Waals surface area contributed by atoms with Crippen LogP contribution in [0.3, 0.4) is 0 Å². The van der Waals surface area contributed by atoms with E-state index in [1.165, 1.54) is 24.3 Å². The van der Waals surface area contributed by atoms with Crippen LogP contribution in [0.15, 0.2) is 91.1 Å². The molecule has 0 radical (unpaired) electrons. The number of amides is 1. The first-order valence-electron chi connectivity index (χ1n) is 11.3. The third kappa shape index (κ3) is 6.95. The van der Waals surface area contributed by atoms with Gasteiger partial charge in [-0.15, -0.1) is 0 Å². The molecule has 0 saturated heterocycles. The fourth-order valence-corrected chi connectivity index (χ4v) is 3.50. The van der Waals surface area contributed by atoms with Gasteiger partial charge in [-0.05, 0) is 42.5 Å². The van der Waals surface area contributed by atoms with Crippen molar-refractivity contribution in [2.24, 2.45) is 0 Å². The van der Waals surface area contributed by atoms with Gasteiger partial charge in [-0.1, -0.05) is 30.3 Å². The second-order valence-electron chi connectivity index (χ2n) is 8.08. The van der Waals surface area contributed by atoms with Crippen LogP contribution in [0.5, 0.6) is 0 Å². The van der Waals surface area contributed by atoms with Gasteiger partial charge in [0.1, 0.15) is 5.69 Å². The monoisotopic (exact) mass is 536 g/mol. The average Bonchev–Trinajstić information content (AvgIpc) is 3.35. The first kappa shape index (κ1) is 26.8. The second kappa shape index (κ2) is 11.4. The molecular weight excluding hydrogens is 517 g/mol. The van der Waals surface area contributed by atoms with E-state index < -0.39 is 35.1 Å². The summed E-state index contributed by atoms with van der Waals surface area (Å²) < 4.78 is 44.5. The molecule has 0 saturated carbocycles. The molecule has 0 bridgehead atoms. The summed E-state index contributed by atoms with van der Waals surface area (Å²) in [5, 5.41) is 18.1. The van der Waals surface area contributed by atoms with E-state index in [2.05, 4.69) is 10.4 Å². The Morgan fingerprint density at radius 3 is 2.41 bits per heavy atom. The Labute approximate surface area is 219 Å². The lowest BCUT2D eigenvalue weighted by molar-refractivity contribution is -0.384. The van der Waals surface area contributed by atoms with Crippen molar-refractivity contribution in [3.8, 4) is 16.9 Å². The maximum Gasteiger partial charge on any atom is 0.416 e. The van der Waals surface area contributed by atoms with E-state index in [4.69, 9.17) is 4.74 Å². The molecule has 1 amide bonds. The van der Waals surface area contributed by atoms with Crippen LogP contribution in [0.2, 0.25) is 0 Å². The first-order valence-corrected chi connectivity index (χ1v) is 11.3. The average molecular weight is 536 g/mol. The van der Waals surface area contributed by atoms with E-state index in [-0.39, 0.29) is 11.4 Å². The second-order valence-corrected chi connectivity index (χ2v) is 8.08. The molecule has 0 aliphatic carbocycles. The molecule has 4 rings (SSSR count). The Kier molecular flexibility index (Phi) is 7.85. The highest BCUT2D eigenvalue weighted by Crippen LogP contribution is 2.30. The summed E-state index contributed by atoms with van der Waals surface area (Å²) in [5.41, 5.74) is 1.09. The van der Waals surface area contributed by atoms with Crippen molar-refractivity contribution in [2.75, 3.05) is 11.9 Å². The number of nitro benzene ring substituents is 1. The maximum atomic E-state index is 12.7. The molecule has 4 aromatic rings. The molecule has 0 atom stereocenters. The van der Waals surface area contributed by atoms with Gasteiger partial charge in [0.05, 0.1) is 16.2 Å². The van der Waals surface area contributed by atoms with Crippen LogP contribution in [0.1, 0.15) is 11.1 Å². The van der Waals surface area contributed by atoms with Crippen molar-refractivity contribution < 1.29 is 32.4 Å². The minimum Gasteiger partial charge on any atom is -0.452 e. The number of non-ortho nitro benzene ring substituents is 1. The molecule has 198 valence electrons.